The van der Waals surface area contributed by atoms with Crippen LogP contribution < -0.4 is 5.73 Å². The van der Waals surface area contributed by atoms with E-state index >= 15 is 0 Å². The topological polar surface area (TPSA) is 63.4 Å². The Morgan fingerprint density at radius 2 is 2.28 bits per heavy atom. The smallest absolute Gasteiger partial charge is 0.263 e. The second-order valence-corrected chi connectivity index (χ2v) is 5.78. The van der Waals surface area contributed by atoms with E-state index in [4.69, 9.17) is 5.73 Å². The van der Waals surface area contributed by atoms with Crippen molar-refractivity contribution < 1.29 is 9.59 Å². The minimum Gasteiger partial charge on any atom is -0.369 e. The number of likely N-dealkylation sites (tertiary alicyclic amines) is 1. The van der Waals surface area contributed by atoms with Crippen molar-refractivity contribution in [3.05, 3.63) is 21.9 Å². The molecule has 0 saturated carbocycles. The minimum atomic E-state index is -0.298. The SMILES string of the molecule is CCc1ccc(C(=O)N2CCC[C@@H](C(N)=O)C2)s1. The number of hydrogen-bond donors (Lipinski definition) is 1. The molecule has 2 heterocycles. The Bertz CT molecular complexity index is 456. The molecule has 0 radical (unpaired) electrons. The lowest BCUT2D eigenvalue weighted by molar-refractivity contribution is -0.123. The first-order chi connectivity index (χ1) is 8.61. The van der Waals surface area contributed by atoms with Crippen molar-refractivity contribution in [2.45, 2.75) is 26.2 Å². The average molecular weight is 266 g/mol. The lowest BCUT2D eigenvalue weighted by Crippen LogP contribution is -2.43. The van der Waals surface area contributed by atoms with Crippen molar-refractivity contribution in [1.29, 1.82) is 0 Å². The molecule has 5 heteroatoms. The van der Waals surface area contributed by atoms with Gasteiger partial charge in [0.25, 0.3) is 5.91 Å². The quantitative estimate of drug-likeness (QED) is 0.904. The Morgan fingerprint density at radius 3 is 2.89 bits per heavy atom. The van der Waals surface area contributed by atoms with Crippen LogP contribution >= 0.6 is 11.3 Å². The predicted molar refractivity (Wildman–Crippen MR) is 71.5 cm³/mol. The second kappa shape index (κ2) is 5.52. The normalized spacial score (nSPS) is 19.8. The first-order valence-electron chi connectivity index (χ1n) is 6.29. The summed E-state index contributed by atoms with van der Waals surface area (Å²) < 4.78 is 0. The highest BCUT2D eigenvalue weighted by atomic mass is 32.1. The molecule has 1 aliphatic heterocycles. The Balaban J connectivity index is 2.06. The molecule has 2 rings (SSSR count). The molecule has 1 aliphatic rings. The van der Waals surface area contributed by atoms with E-state index in [9.17, 15) is 9.59 Å². The van der Waals surface area contributed by atoms with Crippen LogP contribution in [0, 0.1) is 5.92 Å². The van der Waals surface area contributed by atoms with Gasteiger partial charge in [-0.15, -0.1) is 11.3 Å². The van der Waals surface area contributed by atoms with Gasteiger partial charge in [0, 0.05) is 18.0 Å². The Labute approximate surface area is 111 Å². The molecule has 98 valence electrons. The van der Waals surface area contributed by atoms with E-state index in [1.54, 1.807) is 4.90 Å². The number of nitrogens with zero attached hydrogens (tertiary/aromatic N) is 1. The summed E-state index contributed by atoms with van der Waals surface area (Å²) in [7, 11) is 0. The van der Waals surface area contributed by atoms with Crippen molar-refractivity contribution >= 4 is 23.2 Å². The molecule has 0 spiro atoms. The molecule has 0 aliphatic carbocycles. The maximum absolute atomic E-state index is 12.3. The fraction of sp³-hybridized carbons (Fsp3) is 0.538. The number of aryl methyl sites for hydroxylation is 1. The van der Waals surface area contributed by atoms with Crippen molar-refractivity contribution in [3.63, 3.8) is 0 Å². The summed E-state index contributed by atoms with van der Waals surface area (Å²) in [5, 5.41) is 0. The molecule has 0 unspecified atom stereocenters. The molecule has 1 aromatic rings. The Kier molecular flexibility index (Phi) is 4.01. The van der Waals surface area contributed by atoms with Gasteiger partial charge in [-0.3, -0.25) is 9.59 Å². The van der Waals surface area contributed by atoms with Crippen LogP contribution in [0.3, 0.4) is 0 Å². The van der Waals surface area contributed by atoms with Gasteiger partial charge in [-0.25, -0.2) is 0 Å². The van der Waals surface area contributed by atoms with E-state index in [-0.39, 0.29) is 17.7 Å². The second-order valence-electron chi connectivity index (χ2n) is 4.61. The van der Waals surface area contributed by atoms with Crippen LogP contribution in [0.15, 0.2) is 12.1 Å². The van der Waals surface area contributed by atoms with E-state index in [0.717, 1.165) is 30.7 Å². The molecule has 18 heavy (non-hydrogen) atoms. The van der Waals surface area contributed by atoms with Gasteiger partial charge in [0.2, 0.25) is 5.91 Å². The summed E-state index contributed by atoms with van der Waals surface area (Å²) in [6, 6.07) is 3.87. The number of amides is 2. The summed E-state index contributed by atoms with van der Waals surface area (Å²) in [6.45, 7) is 3.26. The van der Waals surface area contributed by atoms with Crippen molar-refractivity contribution in [1.82, 2.24) is 4.90 Å². The molecule has 4 nitrogen and oxygen atoms in total. The standard InChI is InChI=1S/C13H18N2O2S/c1-2-10-5-6-11(18-10)13(17)15-7-3-4-9(8-15)12(14)16/h5-6,9H,2-4,7-8H2,1H3,(H2,14,16)/t9-/m1/s1. The zero-order valence-corrected chi connectivity index (χ0v) is 11.3. The zero-order chi connectivity index (χ0) is 13.1. The van der Waals surface area contributed by atoms with Gasteiger partial charge in [-0.05, 0) is 31.4 Å². The molecular weight excluding hydrogens is 248 g/mol. The van der Waals surface area contributed by atoms with Crippen LogP contribution in [0.5, 0.6) is 0 Å². The summed E-state index contributed by atoms with van der Waals surface area (Å²) >= 11 is 1.54. The summed E-state index contributed by atoms with van der Waals surface area (Å²) in [5.41, 5.74) is 5.32. The fourth-order valence-electron chi connectivity index (χ4n) is 2.23. The van der Waals surface area contributed by atoms with Gasteiger partial charge in [-0.1, -0.05) is 6.92 Å². The lowest BCUT2D eigenvalue weighted by atomic mass is 9.97. The van der Waals surface area contributed by atoms with Crippen LogP contribution in [0.1, 0.15) is 34.3 Å². The zero-order valence-electron chi connectivity index (χ0n) is 10.5. The third-order valence-electron chi connectivity index (χ3n) is 3.33. The third-order valence-corrected chi connectivity index (χ3v) is 4.55. The average Bonchev–Trinajstić information content (AvgIpc) is 2.86. The van der Waals surface area contributed by atoms with Crippen molar-refractivity contribution in [2.24, 2.45) is 11.7 Å². The number of hydrogen-bond acceptors (Lipinski definition) is 3. The predicted octanol–water partition coefficient (Wildman–Crippen LogP) is 1.65. The highest BCUT2D eigenvalue weighted by molar-refractivity contribution is 7.14. The van der Waals surface area contributed by atoms with Gasteiger partial charge in [0.1, 0.15) is 0 Å². The van der Waals surface area contributed by atoms with Crippen molar-refractivity contribution in [3.8, 4) is 0 Å². The van der Waals surface area contributed by atoms with E-state index < -0.39 is 0 Å². The van der Waals surface area contributed by atoms with Crippen LogP contribution in [0.4, 0.5) is 0 Å². The van der Waals surface area contributed by atoms with Gasteiger partial charge in [0.05, 0.1) is 10.8 Å². The van der Waals surface area contributed by atoms with Crippen LogP contribution in [-0.4, -0.2) is 29.8 Å². The fourth-order valence-corrected chi connectivity index (χ4v) is 3.15. The van der Waals surface area contributed by atoms with E-state index in [1.807, 2.05) is 12.1 Å². The van der Waals surface area contributed by atoms with Gasteiger partial charge < -0.3 is 10.6 Å². The molecule has 0 aromatic carbocycles. The first-order valence-corrected chi connectivity index (χ1v) is 7.10. The Hall–Kier alpha value is -1.36. The first kappa shape index (κ1) is 13.1. The van der Waals surface area contributed by atoms with Gasteiger partial charge in [-0.2, -0.15) is 0 Å². The molecular formula is C13H18N2O2S. The summed E-state index contributed by atoms with van der Waals surface area (Å²) in [5.74, 6) is -0.452. The number of carbonyl (C=O) groups is 2. The molecule has 2 N–H and O–H groups in total. The van der Waals surface area contributed by atoms with E-state index in [1.165, 1.54) is 16.2 Å². The van der Waals surface area contributed by atoms with Crippen LogP contribution in [0.25, 0.3) is 0 Å². The monoisotopic (exact) mass is 266 g/mol. The molecule has 1 aromatic heterocycles. The minimum absolute atomic E-state index is 0.0330. The van der Waals surface area contributed by atoms with Crippen molar-refractivity contribution in [2.75, 3.05) is 13.1 Å². The van der Waals surface area contributed by atoms with Crippen LogP contribution in [-0.2, 0) is 11.2 Å². The van der Waals surface area contributed by atoms with Crippen LogP contribution in [0.2, 0.25) is 0 Å². The number of primary amides is 1. The van der Waals surface area contributed by atoms with Gasteiger partial charge >= 0.3 is 0 Å². The van der Waals surface area contributed by atoms with Gasteiger partial charge in [0.15, 0.2) is 0 Å². The van der Waals surface area contributed by atoms with E-state index in [0.29, 0.717) is 6.54 Å². The molecule has 1 atom stereocenters. The molecule has 1 fully saturated rings. The lowest BCUT2D eigenvalue weighted by Gasteiger charge is -2.30. The number of carbonyl (C=O) groups excluding carboxylic acids is 2. The number of rotatable bonds is 3. The Morgan fingerprint density at radius 1 is 1.50 bits per heavy atom. The number of nitrogens with two attached hydrogens (primary N) is 1. The molecule has 0 bridgehead atoms. The maximum atomic E-state index is 12.3. The molecule has 2 amide bonds. The van der Waals surface area contributed by atoms with E-state index in [2.05, 4.69) is 6.92 Å². The third kappa shape index (κ3) is 2.72. The summed E-state index contributed by atoms with van der Waals surface area (Å²) in [4.78, 5) is 27.2. The molecule has 1 saturated heterocycles. The largest absolute Gasteiger partial charge is 0.369 e. The maximum Gasteiger partial charge on any atom is 0.263 e. The number of piperidine rings is 1. The highest BCUT2D eigenvalue weighted by Gasteiger charge is 2.28. The highest BCUT2D eigenvalue weighted by Crippen LogP contribution is 2.22. The number of thiophene rings is 1. The summed E-state index contributed by atoms with van der Waals surface area (Å²) in [6.07, 6.45) is 2.59.